The predicted octanol–water partition coefficient (Wildman–Crippen LogP) is 2.25. The second-order valence-corrected chi connectivity index (χ2v) is 5.27. The molecule has 0 radical (unpaired) electrons. The van der Waals surface area contributed by atoms with Gasteiger partial charge in [-0.2, -0.15) is 0 Å². The van der Waals surface area contributed by atoms with Crippen LogP contribution in [0.4, 0.5) is 0 Å². The van der Waals surface area contributed by atoms with E-state index in [-0.39, 0.29) is 13.0 Å². The van der Waals surface area contributed by atoms with Gasteiger partial charge in [0.15, 0.2) is 0 Å². The second-order valence-electron chi connectivity index (χ2n) is 5.27. The quantitative estimate of drug-likeness (QED) is 0.681. The van der Waals surface area contributed by atoms with E-state index in [0.717, 1.165) is 5.57 Å². The molecule has 1 aromatic rings. The van der Waals surface area contributed by atoms with Crippen LogP contribution in [0, 0.1) is 0 Å². The zero-order chi connectivity index (χ0) is 17.2. The highest BCUT2D eigenvalue weighted by atomic mass is 16.5. The van der Waals surface area contributed by atoms with Crippen LogP contribution in [0.2, 0.25) is 0 Å². The molecule has 0 saturated heterocycles. The molecule has 1 atom stereocenters. The van der Waals surface area contributed by atoms with Crippen molar-refractivity contribution in [3.8, 4) is 5.75 Å². The molecule has 1 amide bonds. The van der Waals surface area contributed by atoms with Gasteiger partial charge in [0.2, 0.25) is 0 Å². The predicted molar refractivity (Wildman–Crippen MR) is 86.8 cm³/mol. The second kappa shape index (κ2) is 9.63. The van der Waals surface area contributed by atoms with Crippen molar-refractivity contribution >= 4 is 11.9 Å². The van der Waals surface area contributed by atoms with Gasteiger partial charge in [0.1, 0.15) is 18.4 Å². The Bertz CT molecular complexity index is 564. The molecule has 0 aliphatic rings. The third kappa shape index (κ3) is 6.97. The van der Waals surface area contributed by atoms with E-state index in [0.29, 0.717) is 17.9 Å². The van der Waals surface area contributed by atoms with Gasteiger partial charge < -0.3 is 19.9 Å². The lowest BCUT2D eigenvalue weighted by Crippen LogP contribution is -2.41. The normalized spacial score (nSPS) is 11.4. The van der Waals surface area contributed by atoms with E-state index >= 15 is 0 Å². The first-order valence-electron chi connectivity index (χ1n) is 7.33. The number of hydrogen-bond acceptors (Lipinski definition) is 4. The van der Waals surface area contributed by atoms with Gasteiger partial charge in [-0.3, -0.25) is 4.79 Å². The average molecular weight is 321 g/mol. The Morgan fingerprint density at radius 1 is 1.35 bits per heavy atom. The SMILES string of the molecule is COCCC(NC(=O)c1cccc(OCC=C(C)C)c1)C(=O)O. The first-order chi connectivity index (χ1) is 10.9. The van der Waals surface area contributed by atoms with Gasteiger partial charge in [-0.05, 0) is 38.1 Å². The zero-order valence-electron chi connectivity index (χ0n) is 13.7. The standard InChI is InChI=1S/C17H23NO5/c1-12(2)7-10-23-14-6-4-5-13(11-14)16(19)18-15(17(20)21)8-9-22-3/h4-7,11,15H,8-10H2,1-3H3,(H,18,19)(H,20,21). The first kappa shape index (κ1) is 18.7. The van der Waals surface area contributed by atoms with Gasteiger partial charge in [0.25, 0.3) is 5.91 Å². The molecule has 0 aliphatic carbocycles. The van der Waals surface area contributed by atoms with Gasteiger partial charge in [0, 0.05) is 25.7 Å². The lowest BCUT2D eigenvalue weighted by atomic mass is 10.1. The van der Waals surface area contributed by atoms with E-state index in [1.165, 1.54) is 7.11 Å². The summed E-state index contributed by atoms with van der Waals surface area (Å²) >= 11 is 0. The van der Waals surface area contributed by atoms with E-state index in [1.54, 1.807) is 24.3 Å². The van der Waals surface area contributed by atoms with Crippen LogP contribution in [0.15, 0.2) is 35.9 Å². The lowest BCUT2D eigenvalue weighted by molar-refractivity contribution is -0.139. The number of carboxylic acids is 1. The minimum absolute atomic E-state index is 0.203. The van der Waals surface area contributed by atoms with E-state index in [4.69, 9.17) is 14.6 Å². The molecule has 0 bridgehead atoms. The Hall–Kier alpha value is -2.34. The number of hydrogen-bond donors (Lipinski definition) is 2. The van der Waals surface area contributed by atoms with Crippen LogP contribution in [-0.2, 0) is 9.53 Å². The summed E-state index contributed by atoms with van der Waals surface area (Å²) in [5, 5.41) is 11.6. The Balaban J connectivity index is 2.71. The van der Waals surface area contributed by atoms with Crippen LogP contribution in [0.1, 0.15) is 30.6 Å². The van der Waals surface area contributed by atoms with Gasteiger partial charge >= 0.3 is 5.97 Å². The largest absolute Gasteiger partial charge is 0.490 e. The van der Waals surface area contributed by atoms with Crippen LogP contribution >= 0.6 is 0 Å². The van der Waals surface area contributed by atoms with Crippen molar-refractivity contribution in [1.29, 1.82) is 0 Å². The summed E-state index contributed by atoms with van der Waals surface area (Å²) in [6, 6.07) is 5.65. The maximum Gasteiger partial charge on any atom is 0.326 e. The molecule has 6 heteroatoms. The number of methoxy groups -OCH3 is 1. The number of aliphatic carboxylic acids is 1. The topological polar surface area (TPSA) is 84.9 Å². The highest BCUT2D eigenvalue weighted by Crippen LogP contribution is 2.14. The zero-order valence-corrected chi connectivity index (χ0v) is 13.7. The summed E-state index contributed by atoms with van der Waals surface area (Å²) in [4.78, 5) is 23.3. The molecular weight excluding hydrogens is 298 g/mol. The van der Waals surface area contributed by atoms with Gasteiger partial charge in [-0.15, -0.1) is 0 Å². The minimum Gasteiger partial charge on any atom is -0.490 e. The first-order valence-corrected chi connectivity index (χ1v) is 7.33. The van der Waals surface area contributed by atoms with Gasteiger partial charge in [-0.1, -0.05) is 11.6 Å². The fourth-order valence-corrected chi connectivity index (χ4v) is 1.77. The fraction of sp³-hybridized carbons (Fsp3) is 0.412. The number of rotatable bonds is 9. The monoisotopic (exact) mass is 321 g/mol. The molecule has 0 heterocycles. The molecule has 0 spiro atoms. The number of amides is 1. The number of carboxylic acid groups (broad SMARTS) is 1. The summed E-state index contributed by atoms with van der Waals surface area (Å²) in [6.07, 6.45) is 2.13. The van der Waals surface area contributed by atoms with Crippen LogP contribution in [0.25, 0.3) is 0 Å². The molecule has 0 saturated carbocycles. The highest BCUT2D eigenvalue weighted by Gasteiger charge is 2.20. The summed E-state index contributed by atoms with van der Waals surface area (Å²) in [7, 11) is 1.48. The van der Waals surface area contributed by atoms with Gasteiger partial charge in [-0.25, -0.2) is 4.79 Å². The summed E-state index contributed by atoms with van der Waals surface area (Å²) in [6.45, 7) is 4.61. The molecule has 1 aromatic carbocycles. The van der Waals surface area contributed by atoms with E-state index in [1.807, 2.05) is 19.9 Å². The van der Waals surface area contributed by atoms with Crippen molar-refractivity contribution < 1.29 is 24.2 Å². The van der Waals surface area contributed by atoms with Crippen molar-refractivity contribution in [3.63, 3.8) is 0 Å². The molecular formula is C17H23NO5. The minimum atomic E-state index is -1.09. The maximum atomic E-state index is 12.2. The molecule has 1 rings (SSSR count). The third-order valence-corrected chi connectivity index (χ3v) is 3.05. The number of ether oxygens (including phenoxy) is 2. The van der Waals surface area contributed by atoms with Crippen LogP contribution in [0.5, 0.6) is 5.75 Å². The van der Waals surface area contributed by atoms with Crippen molar-refractivity contribution in [2.75, 3.05) is 20.3 Å². The third-order valence-electron chi connectivity index (χ3n) is 3.05. The highest BCUT2D eigenvalue weighted by molar-refractivity contribution is 5.96. The molecule has 0 fully saturated rings. The molecule has 1 unspecified atom stereocenters. The smallest absolute Gasteiger partial charge is 0.326 e. The molecule has 2 N–H and O–H groups in total. The number of nitrogens with one attached hydrogen (secondary N) is 1. The molecule has 23 heavy (non-hydrogen) atoms. The number of carbonyl (C=O) groups excluding carboxylic acids is 1. The number of allylic oxidation sites excluding steroid dienone is 1. The van der Waals surface area contributed by atoms with E-state index < -0.39 is 17.9 Å². The number of benzene rings is 1. The molecule has 126 valence electrons. The van der Waals surface area contributed by atoms with Crippen molar-refractivity contribution in [1.82, 2.24) is 5.32 Å². The summed E-state index contributed by atoms with van der Waals surface area (Å²) in [5.74, 6) is -0.994. The average Bonchev–Trinajstić information content (AvgIpc) is 2.50. The molecule has 0 aliphatic heterocycles. The van der Waals surface area contributed by atoms with Crippen LogP contribution in [0.3, 0.4) is 0 Å². The Morgan fingerprint density at radius 2 is 2.09 bits per heavy atom. The Kier molecular flexibility index (Phi) is 7.83. The summed E-state index contributed by atoms with van der Waals surface area (Å²) < 4.78 is 10.4. The van der Waals surface area contributed by atoms with E-state index in [2.05, 4.69) is 5.32 Å². The summed E-state index contributed by atoms with van der Waals surface area (Å²) in [5.41, 5.74) is 1.49. The van der Waals surface area contributed by atoms with Crippen molar-refractivity contribution in [2.24, 2.45) is 0 Å². The Morgan fingerprint density at radius 3 is 2.70 bits per heavy atom. The lowest BCUT2D eigenvalue weighted by Gasteiger charge is -2.14. The fourth-order valence-electron chi connectivity index (χ4n) is 1.77. The Labute approximate surface area is 136 Å². The van der Waals surface area contributed by atoms with Crippen LogP contribution in [-0.4, -0.2) is 43.3 Å². The molecule has 0 aromatic heterocycles. The number of carbonyl (C=O) groups is 2. The van der Waals surface area contributed by atoms with Crippen molar-refractivity contribution in [3.05, 3.63) is 41.5 Å². The van der Waals surface area contributed by atoms with Crippen LogP contribution < -0.4 is 10.1 Å². The van der Waals surface area contributed by atoms with Crippen molar-refractivity contribution in [2.45, 2.75) is 26.3 Å². The maximum absolute atomic E-state index is 12.2. The van der Waals surface area contributed by atoms with Gasteiger partial charge in [0.05, 0.1) is 0 Å². The molecule has 6 nitrogen and oxygen atoms in total. The van der Waals surface area contributed by atoms with E-state index in [9.17, 15) is 9.59 Å².